The van der Waals surface area contributed by atoms with Gasteiger partial charge in [0.2, 0.25) is 0 Å². The summed E-state index contributed by atoms with van der Waals surface area (Å²) in [6.45, 7) is 2.46. The van der Waals surface area contributed by atoms with Gasteiger partial charge in [0, 0.05) is 12.1 Å². The van der Waals surface area contributed by atoms with E-state index in [1.54, 1.807) is 31.3 Å². The SMILES string of the molecule is CCCc1cc(CN(C)C(=O)[C@H](O)c2ccc(Cl)cc2)[nH]n1. The summed E-state index contributed by atoms with van der Waals surface area (Å²) < 4.78 is 0. The molecule has 0 saturated carbocycles. The fourth-order valence-electron chi connectivity index (χ4n) is 2.20. The van der Waals surface area contributed by atoms with Crippen molar-refractivity contribution in [2.24, 2.45) is 0 Å². The summed E-state index contributed by atoms with van der Waals surface area (Å²) in [6.07, 6.45) is 0.732. The van der Waals surface area contributed by atoms with Gasteiger partial charge in [-0.1, -0.05) is 37.1 Å². The van der Waals surface area contributed by atoms with E-state index in [0.29, 0.717) is 17.1 Å². The lowest BCUT2D eigenvalue weighted by atomic mass is 10.1. The molecule has 0 saturated heterocycles. The number of hydrogen-bond donors (Lipinski definition) is 2. The third-order valence-corrected chi connectivity index (χ3v) is 3.65. The van der Waals surface area contributed by atoms with E-state index in [9.17, 15) is 9.90 Å². The molecule has 0 aliphatic heterocycles. The summed E-state index contributed by atoms with van der Waals surface area (Å²) in [5.41, 5.74) is 2.36. The number of aliphatic hydroxyl groups is 1. The number of likely N-dealkylation sites (N-methyl/N-ethyl adjacent to an activating group) is 1. The Hall–Kier alpha value is -1.85. The van der Waals surface area contributed by atoms with Gasteiger partial charge < -0.3 is 10.0 Å². The molecule has 6 heteroatoms. The molecule has 22 heavy (non-hydrogen) atoms. The van der Waals surface area contributed by atoms with Crippen LogP contribution in [-0.2, 0) is 17.8 Å². The van der Waals surface area contributed by atoms with Crippen LogP contribution in [0.25, 0.3) is 0 Å². The van der Waals surface area contributed by atoms with E-state index >= 15 is 0 Å². The summed E-state index contributed by atoms with van der Waals surface area (Å²) >= 11 is 5.81. The number of hydrogen-bond acceptors (Lipinski definition) is 3. The highest BCUT2D eigenvalue weighted by atomic mass is 35.5. The summed E-state index contributed by atoms with van der Waals surface area (Å²) in [7, 11) is 1.65. The summed E-state index contributed by atoms with van der Waals surface area (Å²) in [5.74, 6) is -0.367. The highest BCUT2D eigenvalue weighted by molar-refractivity contribution is 6.30. The number of halogens is 1. The van der Waals surface area contributed by atoms with Crippen molar-refractivity contribution in [3.8, 4) is 0 Å². The average molecular weight is 322 g/mol. The number of aromatic nitrogens is 2. The highest BCUT2D eigenvalue weighted by Gasteiger charge is 2.21. The van der Waals surface area contributed by atoms with Gasteiger partial charge in [0.15, 0.2) is 6.10 Å². The maximum Gasteiger partial charge on any atom is 0.256 e. The first-order valence-corrected chi connectivity index (χ1v) is 7.60. The van der Waals surface area contributed by atoms with Crippen LogP contribution < -0.4 is 0 Å². The van der Waals surface area contributed by atoms with Crippen molar-refractivity contribution in [3.05, 3.63) is 52.3 Å². The van der Waals surface area contributed by atoms with Crippen LogP contribution in [0, 0.1) is 0 Å². The molecule has 1 aromatic carbocycles. The van der Waals surface area contributed by atoms with E-state index in [-0.39, 0.29) is 5.91 Å². The third-order valence-electron chi connectivity index (χ3n) is 3.39. The van der Waals surface area contributed by atoms with Gasteiger partial charge in [-0.25, -0.2) is 0 Å². The molecule has 0 unspecified atom stereocenters. The molecule has 1 atom stereocenters. The Labute approximate surface area is 134 Å². The van der Waals surface area contributed by atoms with Crippen LogP contribution in [-0.4, -0.2) is 33.2 Å². The maximum atomic E-state index is 12.3. The minimum Gasteiger partial charge on any atom is -0.378 e. The van der Waals surface area contributed by atoms with E-state index in [1.165, 1.54) is 4.90 Å². The Morgan fingerprint density at radius 2 is 2.09 bits per heavy atom. The second kappa shape index (κ2) is 7.42. The predicted octanol–water partition coefficient (Wildman–Crippen LogP) is 2.71. The summed E-state index contributed by atoms with van der Waals surface area (Å²) in [6, 6.07) is 8.54. The fourth-order valence-corrected chi connectivity index (χ4v) is 2.33. The molecule has 1 aromatic heterocycles. The van der Waals surface area contributed by atoms with Crippen molar-refractivity contribution in [2.75, 3.05) is 7.05 Å². The van der Waals surface area contributed by atoms with Crippen molar-refractivity contribution in [1.29, 1.82) is 0 Å². The van der Waals surface area contributed by atoms with Gasteiger partial charge in [-0.15, -0.1) is 0 Å². The van der Waals surface area contributed by atoms with Crippen LogP contribution in [0.5, 0.6) is 0 Å². The molecule has 0 radical (unpaired) electrons. The molecule has 2 rings (SSSR count). The van der Waals surface area contributed by atoms with E-state index in [2.05, 4.69) is 17.1 Å². The minimum absolute atomic E-state index is 0.367. The molecule has 5 nitrogen and oxygen atoms in total. The molecule has 1 heterocycles. The number of benzene rings is 1. The molecule has 2 aromatic rings. The lowest BCUT2D eigenvalue weighted by molar-refractivity contribution is -0.139. The van der Waals surface area contributed by atoms with E-state index < -0.39 is 6.10 Å². The van der Waals surface area contributed by atoms with Gasteiger partial charge in [-0.3, -0.25) is 9.89 Å². The Morgan fingerprint density at radius 1 is 1.41 bits per heavy atom. The number of carbonyl (C=O) groups excluding carboxylic acids is 1. The Bertz CT molecular complexity index is 625. The Kier molecular flexibility index (Phi) is 5.57. The second-order valence-electron chi connectivity index (χ2n) is 5.28. The van der Waals surface area contributed by atoms with E-state index in [0.717, 1.165) is 24.2 Å². The molecule has 2 N–H and O–H groups in total. The Balaban J connectivity index is 1.99. The van der Waals surface area contributed by atoms with Crippen molar-refractivity contribution in [2.45, 2.75) is 32.4 Å². The average Bonchev–Trinajstić information content (AvgIpc) is 2.94. The standard InChI is InChI=1S/C16H20ClN3O2/c1-3-4-13-9-14(19-18-13)10-20(2)16(22)15(21)11-5-7-12(17)8-6-11/h5-9,15,21H,3-4,10H2,1-2H3,(H,18,19)/t15-/m1/s1. The lowest BCUT2D eigenvalue weighted by Crippen LogP contribution is -2.31. The number of nitrogens with zero attached hydrogens (tertiary/aromatic N) is 2. The zero-order chi connectivity index (χ0) is 16.1. The second-order valence-corrected chi connectivity index (χ2v) is 5.72. The molecule has 0 bridgehead atoms. The quantitative estimate of drug-likeness (QED) is 0.859. The zero-order valence-electron chi connectivity index (χ0n) is 12.7. The topological polar surface area (TPSA) is 69.2 Å². The third kappa shape index (κ3) is 4.08. The van der Waals surface area contributed by atoms with Gasteiger partial charge in [-0.2, -0.15) is 5.10 Å². The number of aliphatic hydroxyl groups excluding tert-OH is 1. The fraction of sp³-hybridized carbons (Fsp3) is 0.375. The monoisotopic (exact) mass is 321 g/mol. The normalized spacial score (nSPS) is 12.2. The number of H-pyrrole nitrogens is 1. The van der Waals surface area contributed by atoms with Gasteiger partial charge in [0.1, 0.15) is 0 Å². The molecule has 1 amide bonds. The van der Waals surface area contributed by atoms with Crippen LogP contribution in [0.4, 0.5) is 0 Å². The van der Waals surface area contributed by atoms with Gasteiger partial charge in [0.05, 0.1) is 17.9 Å². The molecule has 0 aliphatic rings. The van der Waals surface area contributed by atoms with Gasteiger partial charge >= 0.3 is 0 Å². The summed E-state index contributed by atoms with van der Waals surface area (Å²) in [4.78, 5) is 13.7. The van der Waals surface area contributed by atoms with Gasteiger partial charge in [-0.05, 0) is 30.2 Å². The van der Waals surface area contributed by atoms with Crippen LogP contribution in [0.1, 0.15) is 36.4 Å². The number of carbonyl (C=O) groups is 1. The highest BCUT2D eigenvalue weighted by Crippen LogP contribution is 2.19. The first kappa shape index (κ1) is 16.5. The van der Waals surface area contributed by atoms with Crippen LogP contribution in [0.3, 0.4) is 0 Å². The smallest absolute Gasteiger partial charge is 0.256 e. The van der Waals surface area contributed by atoms with Crippen molar-refractivity contribution >= 4 is 17.5 Å². The van der Waals surface area contributed by atoms with Crippen molar-refractivity contribution < 1.29 is 9.90 Å². The number of amides is 1. The molecule has 0 fully saturated rings. The minimum atomic E-state index is -1.19. The van der Waals surface area contributed by atoms with Crippen molar-refractivity contribution in [1.82, 2.24) is 15.1 Å². The van der Waals surface area contributed by atoms with Crippen LogP contribution in [0.2, 0.25) is 5.02 Å². The predicted molar refractivity (Wildman–Crippen MR) is 85.5 cm³/mol. The lowest BCUT2D eigenvalue weighted by Gasteiger charge is -2.20. The largest absolute Gasteiger partial charge is 0.378 e. The van der Waals surface area contributed by atoms with Crippen LogP contribution in [0.15, 0.2) is 30.3 Å². The van der Waals surface area contributed by atoms with E-state index in [4.69, 9.17) is 11.6 Å². The molecule has 0 aliphatic carbocycles. The zero-order valence-corrected chi connectivity index (χ0v) is 13.5. The summed E-state index contributed by atoms with van der Waals surface area (Å²) in [5, 5.41) is 17.8. The molecule has 118 valence electrons. The molecular formula is C16H20ClN3O2. The molecular weight excluding hydrogens is 302 g/mol. The van der Waals surface area contributed by atoms with Crippen LogP contribution >= 0.6 is 11.6 Å². The molecule has 0 spiro atoms. The first-order valence-electron chi connectivity index (χ1n) is 7.23. The van der Waals surface area contributed by atoms with Crippen molar-refractivity contribution in [3.63, 3.8) is 0 Å². The van der Waals surface area contributed by atoms with Gasteiger partial charge in [0.25, 0.3) is 5.91 Å². The number of rotatable bonds is 6. The number of nitrogens with one attached hydrogen (secondary N) is 1. The maximum absolute atomic E-state index is 12.3. The Morgan fingerprint density at radius 3 is 2.73 bits per heavy atom. The number of aromatic amines is 1. The first-order chi connectivity index (χ1) is 10.5. The number of aryl methyl sites for hydroxylation is 1. The van der Waals surface area contributed by atoms with E-state index in [1.807, 2.05) is 6.07 Å².